The Labute approximate surface area is 99.1 Å². The summed E-state index contributed by atoms with van der Waals surface area (Å²) < 4.78 is 13.4. The average molecular weight is 241 g/mol. The van der Waals surface area contributed by atoms with Gasteiger partial charge in [-0.2, -0.15) is 0 Å². The van der Waals surface area contributed by atoms with Gasteiger partial charge in [0.05, 0.1) is 11.2 Å². The number of halogens is 1. The lowest BCUT2D eigenvalue weighted by Crippen LogP contribution is -2.34. The molecule has 0 fully saturated rings. The Bertz CT molecular complexity index is 413. The first-order valence-corrected chi connectivity index (χ1v) is 5.24. The highest BCUT2D eigenvalue weighted by Crippen LogP contribution is 2.11. The molecule has 0 aliphatic rings. The lowest BCUT2D eigenvalue weighted by atomic mass is 10.1. The van der Waals surface area contributed by atoms with Gasteiger partial charge < -0.3 is 15.5 Å². The summed E-state index contributed by atoms with van der Waals surface area (Å²) in [5.74, 6) is -1.55. The smallest absolute Gasteiger partial charge is 0.335 e. The molecule has 0 saturated heterocycles. The van der Waals surface area contributed by atoms with Crippen molar-refractivity contribution in [3.05, 3.63) is 35.1 Å². The summed E-state index contributed by atoms with van der Waals surface area (Å²) >= 11 is 0. The number of rotatable bonds is 5. The number of benzene rings is 1. The Balaban J connectivity index is 2.70. The van der Waals surface area contributed by atoms with E-state index in [1.807, 2.05) is 0 Å². The Hall–Kier alpha value is -1.46. The van der Waals surface area contributed by atoms with E-state index in [4.69, 9.17) is 5.11 Å². The number of carboxylic acids is 1. The first-order valence-electron chi connectivity index (χ1n) is 5.24. The van der Waals surface area contributed by atoms with Gasteiger partial charge in [-0.3, -0.25) is 0 Å². The molecule has 0 aromatic heterocycles. The van der Waals surface area contributed by atoms with E-state index < -0.39 is 17.4 Å². The van der Waals surface area contributed by atoms with E-state index in [1.54, 1.807) is 13.8 Å². The van der Waals surface area contributed by atoms with Gasteiger partial charge in [0.15, 0.2) is 0 Å². The first-order chi connectivity index (χ1) is 7.79. The van der Waals surface area contributed by atoms with Gasteiger partial charge in [0, 0.05) is 18.7 Å². The minimum Gasteiger partial charge on any atom is -0.478 e. The minimum absolute atomic E-state index is 0.0476. The fraction of sp³-hybridized carbons (Fsp3) is 0.417. The average Bonchev–Trinajstić information content (AvgIpc) is 2.18. The zero-order valence-corrected chi connectivity index (χ0v) is 9.83. The van der Waals surface area contributed by atoms with E-state index in [2.05, 4.69) is 5.32 Å². The first kappa shape index (κ1) is 13.6. The zero-order valence-electron chi connectivity index (χ0n) is 9.83. The Morgan fingerprint density at radius 2 is 2.12 bits per heavy atom. The third-order valence-corrected chi connectivity index (χ3v) is 2.17. The summed E-state index contributed by atoms with van der Waals surface area (Å²) in [6, 6.07) is 3.64. The number of nitrogens with one attached hydrogen (secondary N) is 1. The number of aliphatic hydroxyl groups is 1. The summed E-state index contributed by atoms with van der Waals surface area (Å²) in [6.45, 7) is 3.73. The van der Waals surface area contributed by atoms with Crippen LogP contribution in [0.3, 0.4) is 0 Å². The maximum atomic E-state index is 13.4. The molecule has 1 rings (SSSR count). The fourth-order valence-corrected chi connectivity index (χ4v) is 1.35. The molecule has 0 radical (unpaired) electrons. The molecule has 0 saturated carbocycles. The van der Waals surface area contributed by atoms with Crippen LogP contribution in [0.2, 0.25) is 0 Å². The summed E-state index contributed by atoms with van der Waals surface area (Å²) in [5.41, 5.74) is -0.568. The van der Waals surface area contributed by atoms with E-state index in [9.17, 15) is 14.3 Å². The molecule has 0 amide bonds. The monoisotopic (exact) mass is 241 g/mol. The second-order valence-corrected chi connectivity index (χ2v) is 4.53. The molecule has 0 aliphatic carbocycles. The molecule has 1 aromatic rings. The molecular weight excluding hydrogens is 225 g/mol. The van der Waals surface area contributed by atoms with Gasteiger partial charge in [0.25, 0.3) is 0 Å². The second-order valence-electron chi connectivity index (χ2n) is 4.53. The van der Waals surface area contributed by atoms with Crippen molar-refractivity contribution in [1.82, 2.24) is 5.32 Å². The largest absolute Gasteiger partial charge is 0.478 e. The summed E-state index contributed by atoms with van der Waals surface area (Å²) in [5, 5.41) is 21.1. The van der Waals surface area contributed by atoms with Gasteiger partial charge in [0.1, 0.15) is 5.82 Å². The Kier molecular flexibility index (Phi) is 4.20. The number of carbonyl (C=O) groups is 1. The molecule has 1 aromatic carbocycles. The highest BCUT2D eigenvalue weighted by Gasteiger charge is 2.13. The van der Waals surface area contributed by atoms with E-state index in [0.717, 1.165) is 6.07 Å². The number of aromatic carboxylic acids is 1. The predicted molar refractivity (Wildman–Crippen MR) is 61.4 cm³/mol. The molecule has 0 atom stereocenters. The van der Waals surface area contributed by atoms with Crippen LogP contribution in [0.1, 0.15) is 29.8 Å². The van der Waals surface area contributed by atoms with Crippen LogP contribution in [-0.4, -0.2) is 28.3 Å². The second kappa shape index (κ2) is 5.25. The zero-order chi connectivity index (χ0) is 13.1. The summed E-state index contributed by atoms with van der Waals surface area (Å²) in [6.07, 6.45) is 0. The predicted octanol–water partition coefficient (Wildman–Crippen LogP) is 1.38. The highest BCUT2D eigenvalue weighted by atomic mass is 19.1. The van der Waals surface area contributed by atoms with Crippen LogP contribution in [0.4, 0.5) is 4.39 Å². The van der Waals surface area contributed by atoms with E-state index in [0.29, 0.717) is 6.54 Å². The van der Waals surface area contributed by atoms with E-state index in [1.165, 1.54) is 12.1 Å². The van der Waals surface area contributed by atoms with Crippen LogP contribution in [0, 0.1) is 5.82 Å². The Morgan fingerprint density at radius 1 is 1.47 bits per heavy atom. The van der Waals surface area contributed by atoms with Crippen molar-refractivity contribution < 1.29 is 19.4 Å². The third kappa shape index (κ3) is 4.50. The van der Waals surface area contributed by atoms with Crippen LogP contribution in [0.25, 0.3) is 0 Å². The molecule has 94 valence electrons. The number of hydrogen-bond acceptors (Lipinski definition) is 3. The number of carboxylic acid groups (broad SMARTS) is 1. The van der Waals surface area contributed by atoms with Crippen molar-refractivity contribution in [2.24, 2.45) is 0 Å². The molecule has 0 bridgehead atoms. The van der Waals surface area contributed by atoms with Crippen LogP contribution in [0.15, 0.2) is 18.2 Å². The maximum Gasteiger partial charge on any atom is 0.335 e. The molecular formula is C12H16FNO3. The van der Waals surface area contributed by atoms with Gasteiger partial charge in [-0.05, 0) is 32.0 Å². The molecule has 3 N–H and O–H groups in total. The van der Waals surface area contributed by atoms with Crippen molar-refractivity contribution in [1.29, 1.82) is 0 Å². The molecule has 0 spiro atoms. The minimum atomic E-state index is -1.09. The fourth-order valence-electron chi connectivity index (χ4n) is 1.35. The topological polar surface area (TPSA) is 69.6 Å². The number of hydrogen-bond donors (Lipinski definition) is 3. The van der Waals surface area contributed by atoms with Crippen LogP contribution < -0.4 is 5.32 Å². The van der Waals surface area contributed by atoms with Crippen molar-refractivity contribution in [2.45, 2.75) is 26.0 Å². The van der Waals surface area contributed by atoms with Crippen molar-refractivity contribution in [3.8, 4) is 0 Å². The molecule has 0 heterocycles. The highest BCUT2D eigenvalue weighted by molar-refractivity contribution is 5.87. The summed E-state index contributed by atoms with van der Waals surface area (Å²) in [7, 11) is 0. The normalized spacial score (nSPS) is 11.5. The van der Waals surface area contributed by atoms with Crippen LogP contribution in [0.5, 0.6) is 0 Å². The van der Waals surface area contributed by atoms with E-state index in [-0.39, 0.29) is 17.7 Å². The third-order valence-electron chi connectivity index (χ3n) is 2.17. The van der Waals surface area contributed by atoms with Gasteiger partial charge in [-0.1, -0.05) is 0 Å². The van der Waals surface area contributed by atoms with Crippen molar-refractivity contribution in [2.75, 3.05) is 6.54 Å². The lowest BCUT2D eigenvalue weighted by molar-refractivity contribution is 0.0695. The molecule has 17 heavy (non-hydrogen) atoms. The van der Waals surface area contributed by atoms with Gasteiger partial charge in [-0.25, -0.2) is 9.18 Å². The SMILES string of the molecule is CC(C)(O)CNCc1cc(C(=O)O)ccc1F. The van der Waals surface area contributed by atoms with Gasteiger partial charge in [0.2, 0.25) is 0 Å². The quantitative estimate of drug-likeness (QED) is 0.728. The van der Waals surface area contributed by atoms with Gasteiger partial charge in [-0.15, -0.1) is 0 Å². The van der Waals surface area contributed by atoms with Crippen molar-refractivity contribution in [3.63, 3.8) is 0 Å². The maximum absolute atomic E-state index is 13.4. The molecule has 0 aliphatic heterocycles. The Morgan fingerprint density at radius 3 is 2.65 bits per heavy atom. The molecule has 5 heteroatoms. The van der Waals surface area contributed by atoms with Crippen LogP contribution in [-0.2, 0) is 6.54 Å². The van der Waals surface area contributed by atoms with Crippen molar-refractivity contribution >= 4 is 5.97 Å². The van der Waals surface area contributed by atoms with Crippen LogP contribution >= 0.6 is 0 Å². The standard InChI is InChI=1S/C12H16FNO3/c1-12(2,17)7-14-6-9-5-8(11(15)16)3-4-10(9)13/h3-5,14,17H,6-7H2,1-2H3,(H,15,16). The molecule has 4 nitrogen and oxygen atoms in total. The molecule has 0 unspecified atom stereocenters. The lowest BCUT2D eigenvalue weighted by Gasteiger charge is -2.17. The summed E-state index contributed by atoms with van der Waals surface area (Å²) in [4.78, 5) is 10.7. The van der Waals surface area contributed by atoms with E-state index >= 15 is 0 Å². The van der Waals surface area contributed by atoms with Gasteiger partial charge >= 0.3 is 5.97 Å².